The molecule has 0 spiro atoms. The molecule has 0 aliphatic carbocycles. The molecule has 0 amide bonds. The Morgan fingerprint density at radius 2 is 1.53 bits per heavy atom. The van der Waals surface area contributed by atoms with Crippen molar-refractivity contribution in [2.24, 2.45) is 0 Å². The van der Waals surface area contributed by atoms with Crippen molar-refractivity contribution < 1.29 is 90.5 Å². The van der Waals surface area contributed by atoms with Crippen LogP contribution in [-0.4, -0.2) is 33.0 Å². The third-order valence-electron chi connectivity index (χ3n) is 4.83. The minimum Gasteiger partial charge on any atom is -0.376 e. The van der Waals surface area contributed by atoms with Crippen LogP contribution in [0, 0.1) is 7.43 Å². The van der Waals surface area contributed by atoms with Crippen molar-refractivity contribution in [2.45, 2.75) is 48.6 Å². The molecule has 1 aliphatic heterocycles. The molecule has 170 valence electrons. The van der Waals surface area contributed by atoms with Crippen LogP contribution in [0.1, 0.15) is 33.1 Å². The van der Waals surface area contributed by atoms with Crippen molar-refractivity contribution in [2.75, 3.05) is 6.61 Å². The molecule has 10 heteroatoms. The standard InChI is InChI=1S/C14H10ClNO4S2.C7H14O.CH3.Cs/c15-21(17,18)14-10-11-6-4-5-9-13(11)16(14)22(19,20)12-7-2-1-3-8-12;1-7(2)5-3-4-6-8-7;;/h1-10H;3-6H2,1-2H3;1H3;/q;;-1;+1. The van der Waals surface area contributed by atoms with Crippen molar-refractivity contribution >= 4 is 40.7 Å². The average molecular weight is 618 g/mol. The smallest absolute Gasteiger partial charge is 0.376 e. The number of rotatable bonds is 3. The van der Waals surface area contributed by atoms with Gasteiger partial charge < -0.3 is 12.2 Å². The predicted molar refractivity (Wildman–Crippen MR) is 124 cm³/mol. The Kier molecular flexibility index (Phi) is 11.6. The van der Waals surface area contributed by atoms with E-state index < -0.39 is 24.1 Å². The molecule has 2 heterocycles. The summed E-state index contributed by atoms with van der Waals surface area (Å²) in [4.78, 5) is -0.0158. The monoisotopic (exact) mass is 617 g/mol. The van der Waals surface area contributed by atoms with Gasteiger partial charge in [0.2, 0.25) is 0 Å². The molecule has 1 aliphatic rings. The van der Waals surface area contributed by atoms with Gasteiger partial charge in [-0.1, -0.05) is 36.4 Å². The molecule has 0 bridgehead atoms. The molecule has 1 aromatic heterocycles. The number of nitrogens with zero attached hydrogens (tertiary/aromatic N) is 1. The van der Waals surface area contributed by atoms with Gasteiger partial charge in [-0.3, -0.25) is 0 Å². The second-order valence-electron chi connectivity index (χ2n) is 7.63. The van der Waals surface area contributed by atoms with Crippen LogP contribution in [0.4, 0.5) is 0 Å². The average Bonchev–Trinajstić information content (AvgIpc) is 3.10. The summed E-state index contributed by atoms with van der Waals surface area (Å²) in [6.07, 6.45) is 3.82. The Morgan fingerprint density at radius 3 is 2.03 bits per heavy atom. The first kappa shape index (κ1) is 30.2. The maximum Gasteiger partial charge on any atom is 1.00 e. The molecule has 1 saturated heterocycles. The van der Waals surface area contributed by atoms with Gasteiger partial charge in [-0.15, -0.1) is 0 Å². The molecular weight excluding hydrogens is 591 g/mol. The summed E-state index contributed by atoms with van der Waals surface area (Å²) in [7, 11) is -2.90. The number of fused-ring (bicyclic) bond motifs is 1. The maximum atomic E-state index is 12.8. The quantitative estimate of drug-likeness (QED) is 0.333. The maximum absolute atomic E-state index is 12.8. The molecule has 6 nitrogen and oxygen atoms in total. The fourth-order valence-electron chi connectivity index (χ4n) is 3.29. The van der Waals surface area contributed by atoms with E-state index in [1.165, 1.54) is 43.5 Å². The summed E-state index contributed by atoms with van der Waals surface area (Å²) >= 11 is 0. The van der Waals surface area contributed by atoms with Crippen LogP contribution >= 0.6 is 10.7 Å². The van der Waals surface area contributed by atoms with Crippen molar-refractivity contribution in [3.05, 3.63) is 68.1 Å². The molecular formula is C22H27ClCsNO5S2. The third kappa shape index (κ3) is 7.34. The fourth-order valence-corrected chi connectivity index (χ4v) is 6.34. The Balaban J connectivity index is 0.000000437. The third-order valence-corrected chi connectivity index (χ3v) is 7.96. The van der Waals surface area contributed by atoms with Gasteiger partial charge in [0, 0.05) is 22.7 Å². The summed E-state index contributed by atoms with van der Waals surface area (Å²) in [5, 5.41) is 0.000417. The molecule has 0 saturated carbocycles. The summed E-state index contributed by atoms with van der Waals surface area (Å²) in [6, 6.07) is 15.3. The summed E-state index contributed by atoms with van der Waals surface area (Å²) in [5.74, 6) is 0. The number of hydrogen-bond donors (Lipinski definition) is 0. The van der Waals surface area contributed by atoms with E-state index in [1.54, 1.807) is 36.4 Å². The zero-order valence-electron chi connectivity index (χ0n) is 18.8. The van der Waals surface area contributed by atoms with Gasteiger partial charge >= 0.3 is 68.9 Å². The van der Waals surface area contributed by atoms with Crippen molar-refractivity contribution in [3.63, 3.8) is 0 Å². The normalized spacial score (nSPS) is 15.6. The summed E-state index contributed by atoms with van der Waals surface area (Å²) in [6.45, 7) is 5.28. The van der Waals surface area contributed by atoms with E-state index in [0.717, 1.165) is 10.6 Å². The topological polar surface area (TPSA) is 82.4 Å². The molecule has 0 atom stereocenters. The number of benzene rings is 2. The summed E-state index contributed by atoms with van der Waals surface area (Å²) < 4.78 is 55.4. The Bertz CT molecular complexity index is 1230. The Morgan fingerprint density at radius 1 is 0.938 bits per heavy atom. The molecule has 4 rings (SSSR count). The number of halogens is 1. The number of para-hydroxylation sites is 1. The van der Waals surface area contributed by atoms with Crippen LogP contribution in [0.3, 0.4) is 0 Å². The first-order valence-electron chi connectivity index (χ1n) is 9.52. The fraction of sp³-hybridized carbons (Fsp3) is 0.318. The molecule has 32 heavy (non-hydrogen) atoms. The second-order valence-corrected chi connectivity index (χ2v) is 11.9. The summed E-state index contributed by atoms with van der Waals surface area (Å²) in [5.41, 5.74) is 0.434. The van der Waals surface area contributed by atoms with E-state index in [-0.39, 0.29) is 92.3 Å². The van der Waals surface area contributed by atoms with Crippen LogP contribution in [-0.2, 0) is 23.8 Å². The largest absolute Gasteiger partial charge is 1.00 e. The van der Waals surface area contributed by atoms with E-state index in [1.807, 2.05) is 0 Å². The molecule has 0 N–H and O–H groups in total. The van der Waals surface area contributed by atoms with Crippen LogP contribution < -0.4 is 68.9 Å². The van der Waals surface area contributed by atoms with E-state index >= 15 is 0 Å². The minimum atomic E-state index is -4.23. The zero-order chi connectivity index (χ0) is 22.0. The first-order chi connectivity index (χ1) is 14.0. The first-order valence-corrected chi connectivity index (χ1v) is 13.3. The van der Waals surface area contributed by atoms with Crippen LogP contribution in [0.5, 0.6) is 0 Å². The van der Waals surface area contributed by atoms with E-state index in [4.69, 9.17) is 15.4 Å². The van der Waals surface area contributed by atoms with Gasteiger partial charge in [0.1, 0.15) is 0 Å². The van der Waals surface area contributed by atoms with E-state index in [9.17, 15) is 16.8 Å². The minimum absolute atomic E-state index is 0. The number of hydrogen-bond acceptors (Lipinski definition) is 5. The van der Waals surface area contributed by atoms with Gasteiger partial charge in [0.05, 0.1) is 16.0 Å². The van der Waals surface area contributed by atoms with Gasteiger partial charge in [-0.25, -0.2) is 20.8 Å². The molecule has 3 aromatic rings. The van der Waals surface area contributed by atoms with Gasteiger partial charge in [-0.05, 0) is 57.4 Å². The van der Waals surface area contributed by atoms with Gasteiger partial charge in [0.15, 0.2) is 5.03 Å². The van der Waals surface area contributed by atoms with E-state index in [0.29, 0.717) is 5.39 Å². The van der Waals surface area contributed by atoms with Crippen molar-refractivity contribution in [1.82, 2.24) is 3.97 Å². The molecule has 0 unspecified atom stereocenters. The second kappa shape index (κ2) is 12.2. The number of ether oxygens (including phenoxy) is 1. The van der Waals surface area contributed by atoms with Crippen LogP contribution in [0.25, 0.3) is 10.9 Å². The predicted octanol–water partition coefficient (Wildman–Crippen LogP) is 2.23. The van der Waals surface area contributed by atoms with Gasteiger partial charge in [-0.2, -0.15) is 0 Å². The van der Waals surface area contributed by atoms with Crippen molar-refractivity contribution in [1.29, 1.82) is 0 Å². The van der Waals surface area contributed by atoms with Crippen molar-refractivity contribution in [3.8, 4) is 0 Å². The zero-order valence-corrected chi connectivity index (χ0v) is 27.5. The molecule has 1 fully saturated rings. The SMILES string of the molecule is CC1(C)CCCCO1.O=S(=O)(Cl)c1cc2ccccc2n1S(=O)(=O)c1ccccc1.[CH3-].[Cs+]. The van der Waals surface area contributed by atoms with Crippen LogP contribution in [0.2, 0.25) is 0 Å². The van der Waals surface area contributed by atoms with Crippen LogP contribution in [0.15, 0.2) is 70.6 Å². The Hall–Kier alpha value is 0.182. The molecule has 0 radical (unpaired) electrons. The number of aromatic nitrogens is 1. The van der Waals surface area contributed by atoms with E-state index in [2.05, 4.69) is 13.8 Å². The molecule has 2 aromatic carbocycles. The van der Waals surface area contributed by atoms with Gasteiger partial charge in [0.25, 0.3) is 19.1 Å². The Labute approximate surface area is 254 Å².